The van der Waals surface area contributed by atoms with Gasteiger partial charge in [0.2, 0.25) is 0 Å². The van der Waals surface area contributed by atoms with Crippen molar-refractivity contribution in [3.63, 3.8) is 0 Å². The SMILES string of the molecule is CC(NCc1cccc(C2CC2)c1)C1CCOC1. The monoisotopic (exact) mass is 245 g/mol. The van der Waals surface area contributed by atoms with E-state index in [4.69, 9.17) is 4.74 Å². The van der Waals surface area contributed by atoms with Gasteiger partial charge in [0.15, 0.2) is 0 Å². The summed E-state index contributed by atoms with van der Waals surface area (Å²) in [5.74, 6) is 1.54. The molecule has 0 amide bonds. The molecule has 2 fully saturated rings. The molecule has 0 spiro atoms. The van der Waals surface area contributed by atoms with Gasteiger partial charge in [-0.1, -0.05) is 24.3 Å². The van der Waals surface area contributed by atoms with Gasteiger partial charge < -0.3 is 10.1 Å². The third-order valence-corrected chi connectivity index (χ3v) is 4.30. The zero-order valence-corrected chi connectivity index (χ0v) is 11.2. The van der Waals surface area contributed by atoms with Crippen LogP contribution in [0.15, 0.2) is 24.3 Å². The van der Waals surface area contributed by atoms with Crippen molar-refractivity contribution in [2.75, 3.05) is 13.2 Å². The first-order valence-corrected chi connectivity index (χ1v) is 7.23. The van der Waals surface area contributed by atoms with Crippen LogP contribution in [0.1, 0.15) is 43.2 Å². The molecule has 98 valence electrons. The molecule has 1 aromatic carbocycles. The van der Waals surface area contributed by atoms with E-state index in [1.54, 1.807) is 0 Å². The summed E-state index contributed by atoms with van der Waals surface area (Å²) >= 11 is 0. The maximum absolute atomic E-state index is 5.45. The number of ether oxygens (including phenoxy) is 1. The van der Waals surface area contributed by atoms with E-state index in [-0.39, 0.29) is 0 Å². The van der Waals surface area contributed by atoms with Gasteiger partial charge in [-0.3, -0.25) is 0 Å². The minimum absolute atomic E-state index is 0.553. The van der Waals surface area contributed by atoms with Gasteiger partial charge in [0.25, 0.3) is 0 Å². The quantitative estimate of drug-likeness (QED) is 0.860. The number of nitrogens with one attached hydrogen (secondary N) is 1. The van der Waals surface area contributed by atoms with E-state index in [1.807, 2.05) is 0 Å². The summed E-state index contributed by atoms with van der Waals surface area (Å²) in [5.41, 5.74) is 2.95. The molecule has 0 aromatic heterocycles. The van der Waals surface area contributed by atoms with Crippen molar-refractivity contribution in [2.24, 2.45) is 5.92 Å². The van der Waals surface area contributed by atoms with E-state index in [0.29, 0.717) is 12.0 Å². The molecule has 1 N–H and O–H groups in total. The van der Waals surface area contributed by atoms with Crippen molar-refractivity contribution in [3.8, 4) is 0 Å². The van der Waals surface area contributed by atoms with Gasteiger partial charge in [-0.15, -0.1) is 0 Å². The van der Waals surface area contributed by atoms with Crippen molar-refractivity contribution in [1.29, 1.82) is 0 Å². The molecule has 18 heavy (non-hydrogen) atoms. The van der Waals surface area contributed by atoms with Gasteiger partial charge in [-0.05, 0) is 49.1 Å². The number of hydrogen-bond acceptors (Lipinski definition) is 2. The van der Waals surface area contributed by atoms with Crippen molar-refractivity contribution in [1.82, 2.24) is 5.32 Å². The van der Waals surface area contributed by atoms with E-state index < -0.39 is 0 Å². The van der Waals surface area contributed by atoms with Gasteiger partial charge in [0.1, 0.15) is 0 Å². The van der Waals surface area contributed by atoms with Gasteiger partial charge in [0.05, 0.1) is 6.61 Å². The zero-order chi connectivity index (χ0) is 12.4. The molecule has 1 aromatic rings. The zero-order valence-electron chi connectivity index (χ0n) is 11.2. The summed E-state index contributed by atoms with van der Waals surface area (Å²) in [5, 5.41) is 3.65. The fourth-order valence-electron chi connectivity index (χ4n) is 2.77. The Bertz CT molecular complexity index is 394. The van der Waals surface area contributed by atoms with Crippen LogP contribution in [-0.2, 0) is 11.3 Å². The lowest BCUT2D eigenvalue weighted by atomic mass is 10.00. The van der Waals surface area contributed by atoms with Gasteiger partial charge in [-0.2, -0.15) is 0 Å². The van der Waals surface area contributed by atoms with Crippen molar-refractivity contribution >= 4 is 0 Å². The van der Waals surface area contributed by atoms with E-state index in [0.717, 1.165) is 25.7 Å². The summed E-state index contributed by atoms with van der Waals surface area (Å²) in [6.45, 7) is 5.13. The molecule has 0 bridgehead atoms. The largest absolute Gasteiger partial charge is 0.381 e. The molecule has 2 heteroatoms. The van der Waals surface area contributed by atoms with Crippen LogP contribution in [0, 0.1) is 5.92 Å². The minimum Gasteiger partial charge on any atom is -0.381 e. The molecule has 1 aliphatic heterocycles. The molecule has 2 aliphatic rings. The summed E-state index contributed by atoms with van der Waals surface area (Å²) in [6, 6.07) is 9.64. The summed E-state index contributed by atoms with van der Waals surface area (Å²) in [4.78, 5) is 0. The Kier molecular flexibility index (Phi) is 3.67. The first kappa shape index (κ1) is 12.2. The maximum Gasteiger partial charge on any atom is 0.0509 e. The summed E-state index contributed by atoms with van der Waals surface area (Å²) in [6.07, 6.45) is 3.97. The Morgan fingerprint density at radius 3 is 2.94 bits per heavy atom. The fraction of sp³-hybridized carbons (Fsp3) is 0.625. The Morgan fingerprint density at radius 1 is 1.33 bits per heavy atom. The smallest absolute Gasteiger partial charge is 0.0509 e. The maximum atomic E-state index is 5.45. The van der Waals surface area contributed by atoms with E-state index in [9.17, 15) is 0 Å². The highest BCUT2D eigenvalue weighted by Crippen LogP contribution is 2.40. The predicted molar refractivity (Wildman–Crippen MR) is 73.6 cm³/mol. The van der Waals surface area contributed by atoms with Crippen LogP contribution in [0.5, 0.6) is 0 Å². The van der Waals surface area contributed by atoms with Gasteiger partial charge >= 0.3 is 0 Å². The molecule has 3 rings (SSSR count). The van der Waals surface area contributed by atoms with Crippen molar-refractivity contribution < 1.29 is 4.74 Å². The first-order valence-electron chi connectivity index (χ1n) is 7.23. The Labute approximate surface area is 110 Å². The normalized spacial score (nSPS) is 25.3. The molecule has 1 saturated heterocycles. The second kappa shape index (κ2) is 5.41. The van der Waals surface area contributed by atoms with Crippen LogP contribution in [0.2, 0.25) is 0 Å². The second-order valence-electron chi connectivity index (χ2n) is 5.81. The molecule has 2 nitrogen and oxygen atoms in total. The van der Waals surface area contributed by atoms with Gasteiger partial charge in [-0.25, -0.2) is 0 Å². The molecule has 1 aliphatic carbocycles. The third kappa shape index (κ3) is 2.93. The number of rotatable bonds is 5. The van der Waals surface area contributed by atoms with Crippen LogP contribution in [0.25, 0.3) is 0 Å². The fourth-order valence-corrected chi connectivity index (χ4v) is 2.77. The lowest BCUT2D eigenvalue weighted by Crippen LogP contribution is -2.33. The minimum atomic E-state index is 0.553. The van der Waals surface area contributed by atoms with Crippen LogP contribution < -0.4 is 5.32 Å². The molecule has 1 heterocycles. The topological polar surface area (TPSA) is 21.3 Å². The lowest BCUT2D eigenvalue weighted by molar-refractivity contribution is 0.178. The number of benzene rings is 1. The Hall–Kier alpha value is -0.860. The second-order valence-corrected chi connectivity index (χ2v) is 5.81. The molecule has 2 atom stereocenters. The Balaban J connectivity index is 1.53. The van der Waals surface area contributed by atoms with Crippen LogP contribution in [-0.4, -0.2) is 19.3 Å². The lowest BCUT2D eigenvalue weighted by Gasteiger charge is -2.19. The highest BCUT2D eigenvalue weighted by Gasteiger charge is 2.24. The predicted octanol–water partition coefficient (Wildman–Crippen LogP) is 3.08. The molecule has 2 unspecified atom stereocenters. The number of hydrogen-bond donors (Lipinski definition) is 1. The van der Waals surface area contributed by atoms with Crippen molar-refractivity contribution in [3.05, 3.63) is 35.4 Å². The Morgan fingerprint density at radius 2 is 2.22 bits per heavy atom. The van der Waals surface area contributed by atoms with Crippen molar-refractivity contribution in [2.45, 2.75) is 44.7 Å². The van der Waals surface area contributed by atoms with E-state index in [2.05, 4.69) is 36.5 Å². The molecule has 0 radical (unpaired) electrons. The van der Waals surface area contributed by atoms with E-state index in [1.165, 1.54) is 30.4 Å². The summed E-state index contributed by atoms with van der Waals surface area (Å²) < 4.78 is 5.45. The highest BCUT2D eigenvalue weighted by atomic mass is 16.5. The molecular formula is C16H23NO. The average Bonchev–Trinajstić information content (AvgIpc) is 3.11. The standard InChI is InChI=1S/C16H23NO/c1-12(16-7-8-18-11-16)17-10-13-3-2-4-15(9-13)14-5-6-14/h2-4,9,12,14,16-17H,5-8,10-11H2,1H3. The van der Waals surface area contributed by atoms with Crippen LogP contribution >= 0.6 is 0 Å². The van der Waals surface area contributed by atoms with E-state index >= 15 is 0 Å². The van der Waals surface area contributed by atoms with Gasteiger partial charge in [0, 0.05) is 19.2 Å². The van der Waals surface area contributed by atoms with Crippen LogP contribution in [0.3, 0.4) is 0 Å². The third-order valence-electron chi connectivity index (χ3n) is 4.30. The molecule has 1 saturated carbocycles. The first-order chi connectivity index (χ1) is 8.83. The summed E-state index contributed by atoms with van der Waals surface area (Å²) in [7, 11) is 0. The average molecular weight is 245 g/mol. The molecular weight excluding hydrogens is 222 g/mol. The highest BCUT2D eigenvalue weighted by molar-refractivity contribution is 5.29. The van der Waals surface area contributed by atoms with Crippen LogP contribution in [0.4, 0.5) is 0 Å².